The Hall–Kier alpha value is -1.28. The van der Waals surface area contributed by atoms with E-state index in [1.54, 1.807) is 0 Å². The molecule has 0 amide bonds. The normalized spacial score (nSPS) is 10.3. The molecule has 0 fully saturated rings. The van der Waals surface area contributed by atoms with Crippen molar-refractivity contribution in [1.82, 2.24) is 0 Å². The zero-order chi connectivity index (χ0) is 12.8. The molecule has 1 nitrogen and oxygen atoms in total. The Labute approximate surface area is 117 Å². The summed E-state index contributed by atoms with van der Waals surface area (Å²) in [7, 11) is 0. The van der Waals surface area contributed by atoms with Gasteiger partial charge in [0.25, 0.3) is 0 Å². The quantitative estimate of drug-likeness (QED) is 0.728. The molecule has 0 bridgehead atoms. The number of ether oxygens (including phenoxy) is 1. The van der Waals surface area contributed by atoms with Crippen molar-refractivity contribution in [2.45, 2.75) is 13.3 Å². The predicted octanol–water partition coefficient (Wildman–Crippen LogP) is 4.69. The van der Waals surface area contributed by atoms with Crippen LogP contribution in [-0.4, -0.2) is 11.9 Å². The molecule has 2 aromatic rings. The smallest absolute Gasteiger partial charge is 0.119 e. The molecule has 0 saturated carbocycles. The molecule has 0 aliphatic rings. The number of alkyl halides is 1. The first-order chi connectivity index (χ1) is 8.83. The third kappa shape index (κ3) is 3.36. The van der Waals surface area contributed by atoms with Crippen LogP contribution in [0.5, 0.6) is 5.75 Å². The van der Waals surface area contributed by atoms with Crippen LogP contribution in [0.3, 0.4) is 0 Å². The van der Waals surface area contributed by atoms with Gasteiger partial charge >= 0.3 is 0 Å². The summed E-state index contributed by atoms with van der Waals surface area (Å²) < 4.78 is 5.54. The van der Waals surface area contributed by atoms with Gasteiger partial charge < -0.3 is 4.74 Å². The Morgan fingerprint density at radius 3 is 1.94 bits per heavy atom. The van der Waals surface area contributed by atoms with Crippen LogP contribution in [-0.2, 0) is 6.42 Å². The fourth-order valence-electron chi connectivity index (χ4n) is 1.83. The van der Waals surface area contributed by atoms with Gasteiger partial charge in [0.1, 0.15) is 5.75 Å². The molecule has 0 saturated heterocycles. The number of hydrogen-bond acceptors (Lipinski definition) is 1. The Morgan fingerprint density at radius 2 is 1.44 bits per heavy atom. The van der Waals surface area contributed by atoms with E-state index in [-0.39, 0.29) is 0 Å². The molecule has 2 heteroatoms. The molecule has 0 aliphatic carbocycles. The number of benzene rings is 2. The van der Waals surface area contributed by atoms with Crippen molar-refractivity contribution < 1.29 is 4.74 Å². The van der Waals surface area contributed by atoms with Crippen molar-refractivity contribution in [3.8, 4) is 16.9 Å². The number of hydrogen-bond donors (Lipinski definition) is 0. The summed E-state index contributed by atoms with van der Waals surface area (Å²) in [4.78, 5) is 0. The maximum absolute atomic E-state index is 5.54. The van der Waals surface area contributed by atoms with E-state index in [1.165, 1.54) is 16.7 Å². The third-order valence-corrected chi connectivity index (χ3v) is 3.22. The van der Waals surface area contributed by atoms with E-state index >= 15 is 0 Å². The standard InChI is InChI=1S/C16H17BrO/c1-2-13-3-5-14(6-4-13)15-7-9-16(10-8-15)18-12-11-17/h3-10H,2,11-12H2,1H3. The van der Waals surface area contributed by atoms with Gasteiger partial charge in [0.2, 0.25) is 0 Å². The van der Waals surface area contributed by atoms with E-state index in [2.05, 4.69) is 59.3 Å². The van der Waals surface area contributed by atoms with E-state index < -0.39 is 0 Å². The van der Waals surface area contributed by atoms with Crippen LogP contribution in [0.15, 0.2) is 48.5 Å². The number of aryl methyl sites for hydroxylation is 1. The monoisotopic (exact) mass is 304 g/mol. The summed E-state index contributed by atoms with van der Waals surface area (Å²) >= 11 is 3.35. The van der Waals surface area contributed by atoms with Crippen LogP contribution < -0.4 is 4.74 Å². The second kappa shape index (κ2) is 6.60. The second-order valence-corrected chi connectivity index (χ2v) is 4.91. The third-order valence-electron chi connectivity index (χ3n) is 2.90. The highest BCUT2D eigenvalue weighted by atomic mass is 79.9. The number of rotatable bonds is 5. The lowest BCUT2D eigenvalue weighted by molar-refractivity contribution is 0.345. The van der Waals surface area contributed by atoms with E-state index in [1.807, 2.05) is 12.1 Å². The molecule has 0 N–H and O–H groups in total. The van der Waals surface area contributed by atoms with Gasteiger partial charge in [-0.15, -0.1) is 0 Å². The molecule has 0 aliphatic heterocycles. The highest BCUT2D eigenvalue weighted by Gasteiger charge is 1.99. The van der Waals surface area contributed by atoms with Gasteiger partial charge in [-0.1, -0.05) is 59.3 Å². The van der Waals surface area contributed by atoms with Gasteiger partial charge in [-0.05, 0) is 35.2 Å². The minimum atomic E-state index is 0.699. The van der Waals surface area contributed by atoms with Gasteiger partial charge in [-0.25, -0.2) is 0 Å². The summed E-state index contributed by atoms with van der Waals surface area (Å²) in [6.45, 7) is 2.87. The summed E-state index contributed by atoms with van der Waals surface area (Å²) in [5.41, 5.74) is 3.85. The van der Waals surface area contributed by atoms with Crippen molar-refractivity contribution >= 4 is 15.9 Å². The zero-order valence-corrected chi connectivity index (χ0v) is 12.1. The topological polar surface area (TPSA) is 9.23 Å². The van der Waals surface area contributed by atoms with Gasteiger partial charge in [0, 0.05) is 5.33 Å². The van der Waals surface area contributed by atoms with E-state index in [0.717, 1.165) is 17.5 Å². The summed E-state index contributed by atoms with van der Waals surface area (Å²) in [5, 5.41) is 0.854. The largest absolute Gasteiger partial charge is 0.493 e. The zero-order valence-electron chi connectivity index (χ0n) is 10.5. The van der Waals surface area contributed by atoms with Crippen molar-refractivity contribution in [3.63, 3.8) is 0 Å². The minimum absolute atomic E-state index is 0.699. The maximum Gasteiger partial charge on any atom is 0.119 e. The first-order valence-electron chi connectivity index (χ1n) is 6.21. The Morgan fingerprint density at radius 1 is 0.889 bits per heavy atom. The van der Waals surface area contributed by atoms with Crippen molar-refractivity contribution in [2.24, 2.45) is 0 Å². The van der Waals surface area contributed by atoms with Crippen LogP contribution in [0.4, 0.5) is 0 Å². The highest BCUT2D eigenvalue weighted by molar-refractivity contribution is 9.09. The molecule has 0 spiro atoms. The molecular formula is C16H17BrO. The lowest BCUT2D eigenvalue weighted by Gasteiger charge is -2.06. The first-order valence-corrected chi connectivity index (χ1v) is 7.33. The maximum atomic E-state index is 5.54. The van der Waals surface area contributed by atoms with Crippen LogP contribution in [0.25, 0.3) is 11.1 Å². The Bertz CT molecular complexity index is 473. The molecular weight excluding hydrogens is 288 g/mol. The van der Waals surface area contributed by atoms with E-state index in [9.17, 15) is 0 Å². The molecule has 0 radical (unpaired) electrons. The van der Waals surface area contributed by atoms with Crippen molar-refractivity contribution in [3.05, 3.63) is 54.1 Å². The van der Waals surface area contributed by atoms with Crippen molar-refractivity contribution in [2.75, 3.05) is 11.9 Å². The van der Waals surface area contributed by atoms with E-state index in [4.69, 9.17) is 4.74 Å². The fourth-order valence-corrected chi connectivity index (χ4v) is 1.99. The lowest BCUT2D eigenvalue weighted by Crippen LogP contribution is -1.97. The van der Waals surface area contributed by atoms with E-state index in [0.29, 0.717) is 6.61 Å². The van der Waals surface area contributed by atoms with Crippen LogP contribution in [0, 0.1) is 0 Å². The van der Waals surface area contributed by atoms with Gasteiger partial charge in [-0.2, -0.15) is 0 Å². The molecule has 0 unspecified atom stereocenters. The molecule has 18 heavy (non-hydrogen) atoms. The Kier molecular flexibility index (Phi) is 4.82. The average molecular weight is 305 g/mol. The summed E-state index contributed by atoms with van der Waals surface area (Å²) in [5.74, 6) is 0.920. The fraction of sp³-hybridized carbons (Fsp3) is 0.250. The van der Waals surface area contributed by atoms with Crippen LogP contribution in [0.1, 0.15) is 12.5 Å². The van der Waals surface area contributed by atoms with Gasteiger partial charge in [-0.3, -0.25) is 0 Å². The SMILES string of the molecule is CCc1ccc(-c2ccc(OCCBr)cc2)cc1. The second-order valence-electron chi connectivity index (χ2n) is 4.11. The molecule has 94 valence electrons. The van der Waals surface area contributed by atoms with Crippen molar-refractivity contribution in [1.29, 1.82) is 0 Å². The molecule has 0 heterocycles. The number of halogens is 1. The minimum Gasteiger partial charge on any atom is -0.493 e. The first kappa shape index (κ1) is 13.2. The summed E-state index contributed by atoms with van der Waals surface area (Å²) in [6, 6.07) is 17.0. The van der Waals surface area contributed by atoms with Gasteiger partial charge in [0.05, 0.1) is 6.61 Å². The summed E-state index contributed by atoms with van der Waals surface area (Å²) in [6.07, 6.45) is 1.08. The van der Waals surface area contributed by atoms with Gasteiger partial charge in [0.15, 0.2) is 0 Å². The predicted molar refractivity (Wildman–Crippen MR) is 80.5 cm³/mol. The average Bonchev–Trinajstić information content (AvgIpc) is 2.46. The highest BCUT2D eigenvalue weighted by Crippen LogP contribution is 2.23. The molecule has 0 aromatic heterocycles. The van der Waals surface area contributed by atoms with Crippen LogP contribution >= 0.6 is 15.9 Å². The molecule has 2 aromatic carbocycles. The molecule has 2 rings (SSSR count). The Balaban J connectivity index is 2.12. The lowest BCUT2D eigenvalue weighted by atomic mass is 10.0. The van der Waals surface area contributed by atoms with Crippen LogP contribution in [0.2, 0.25) is 0 Å². The molecule has 0 atom stereocenters.